The Hall–Kier alpha value is -2.85. The van der Waals surface area contributed by atoms with E-state index in [-0.39, 0.29) is 29.7 Å². The molecule has 1 fully saturated rings. The number of nitro benzene ring substituents is 1. The second-order valence-corrected chi connectivity index (χ2v) is 8.30. The summed E-state index contributed by atoms with van der Waals surface area (Å²) >= 11 is 0. The SMILES string of the molecule is CC(C)OCCCNC(=O)C1CCN(C(C)c2nnc(-c3ccc([N+](=O)[O-])cc3)o2)CC1. The topological polar surface area (TPSA) is 124 Å². The Bertz CT molecular complexity index is 890. The van der Waals surface area contributed by atoms with Crippen LogP contribution in [0, 0.1) is 16.0 Å². The maximum absolute atomic E-state index is 12.4. The third kappa shape index (κ3) is 6.33. The summed E-state index contributed by atoms with van der Waals surface area (Å²) in [6, 6.07) is 5.94. The summed E-state index contributed by atoms with van der Waals surface area (Å²) in [5, 5.41) is 22.1. The number of ether oxygens (including phenoxy) is 1. The lowest BCUT2D eigenvalue weighted by Gasteiger charge is -2.34. The highest BCUT2D eigenvalue weighted by molar-refractivity contribution is 5.78. The summed E-state index contributed by atoms with van der Waals surface area (Å²) in [6.07, 6.45) is 2.58. The highest BCUT2D eigenvalue weighted by atomic mass is 16.6. The van der Waals surface area contributed by atoms with E-state index in [0.717, 1.165) is 32.4 Å². The van der Waals surface area contributed by atoms with Gasteiger partial charge in [0.25, 0.3) is 5.69 Å². The minimum absolute atomic E-state index is 0.0117. The quantitative estimate of drug-likeness (QED) is 0.335. The molecule has 32 heavy (non-hydrogen) atoms. The van der Waals surface area contributed by atoms with Gasteiger partial charge in [0.15, 0.2) is 0 Å². The standard InChI is InChI=1S/C22H31N5O5/c1-15(2)31-14-4-11-23-20(28)17-9-12-26(13-10-17)16(3)21-24-25-22(32-21)18-5-7-19(8-6-18)27(29)30/h5-8,15-17H,4,9-14H2,1-3H3,(H,23,28). The zero-order valence-electron chi connectivity index (χ0n) is 18.8. The van der Waals surface area contributed by atoms with Crippen LogP contribution in [0.2, 0.25) is 0 Å². The van der Waals surface area contributed by atoms with Crippen molar-refractivity contribution in [1.29, 1.82) is 0 Å². The van der Waals surface area contributed by atoms with Crippen LogP contribution in [-0.4, -0.2) is 58.3 Å². The van der Waals surface area contributed by atoms with E-state index in [9.17, 15) is 14.9 Å². The van der Waals surface area contributed by atoms with Gasteiger partial charge in [0.05, 0.1) is 17.1 Å². The number of carbonyl (C=O) groups excluding carboxylic acids is 1. The van der Waals surface area contributed by atoms with Gasteiger partial charge in [-0.3, -0.25) is 19.8 Å². The summed E-state index contributed by atoms with van der Waals surface area (Å²) in [4.78, 5) is 25.0. The van der Waals surface area contributed by atoms with Crippen molar-refractivity contribution in [3.63, 3.8) is 0 Å². The van der Waals surface area contributed by atoms with E-state index in [2.05, 4.69) is 20.4 Å². The number of nitrogens with zero attached hydrogens (tertiary/aromatic N) is 4. The van der Waals surface area contributed by atoms with E-state index < -0.39 is 4.92 Å². The van der Waals surface area contributed by atoms with E-state index in [4.69, 9.17) is 9.15 Å². The highest BCUT2D eigenvalue weighted by Crippen LogP contribution is 2.28. The Kier molecular flexibility index (Phi) is 8.29. The van der Waals surface area contributed by atoms with Crippen LogP contribution >= 0.6 is 0 Å². The molecule has 0 saturated carbocycles. The smallest absolute Gasteiger partial charge is 0.269 e. The summed E-state index contributed by atoms with van der Waals surface area (Å²) < 4.78 is 11.3. The van der Waals surface area contributed by atoms with Gasteiger partial charge in [-0.05, 0) is 65.3 Å². The Balaban J connectivity index is 1.46. The predicted octanol–water partition coefficient (Wildman–Crippen LogP) is 3.35. The van der Waals surface area contributed by atoms with E-state index in [1.165, 1.54) is 12.1 Å². The number of amides is 1. The van der Waals surface area contributed by atoms with Gasteiger partial charge in [0, 0.05) is 36.8 Å². The molecule has 0 bridgehead atoms. The lowest BCUT2D eigenvalue weighted by Crippen LogP contribution is -2.41. The Labute approximate surface area is 187 Å². The molecule has 1 aliphatic heterocycles. The number of likely N-dealkylation sites (tertiary alicyclic amines) is 1. The molecule has 1 N–H and O–H groups in total. The molecule has 1 unspecified atom stereocenters. The van der Waals surface area contributed by atoms with Gasteiger partial charge in [0.2, 0.25) is 17.7 Å². The largest absolute Gasteiger partial charge is 0.419 e. The average molecular weight is 446 g/mol. The first kappa shape index (κ1) is 23.8. The molecule has 10 nitrogen and oxygen atoms in total. The maximum atomic E-state index is 12.4. The van der Waals surface area contributed by atoms with E-state index in [1.54, 1.807) is 12.1 Å². The molecule has 0 aliphatic carbocycles. The van der Waals surface area contributed by atoms with E-state index >= 15 is 0 Å². The van der Waals surface area contributed by atoms with Crippen molar-refractivity contribution in [3.05, 3.63) is 40.3 Å². The molecule has 10 heteroatoms. The summed E-state index contributed by atoms with van der Waals surface area (Å²) in [5.74, 6) is 0.951. The molecule has 3 rings (SSSR count). The van der Waals surface area contributed by atoms with Crippen molar-refractivity contribution in [1.82, 2.24) is 20.4 Å². The Morgan fingerprint density at radius 2 is 1.94 bits per heavy atom. The second kappa shape index (κ2) is 11.1. The van der Waals surface area contributed by atoms with Crippen LogP contribution in [0.15, 0.2) is 28.7 Å². The van der Waals surface area contributed by atoms with Crippen LogP contribution in [0.25, 0.3) is 11.5 Å². The third-order valence-electron chi connectivity index (χ3n) is 5.64. The number of carbonyl (C=O) groups is 1. The molecular weight excluding hydrogens is 414 g/mol. The van der Waals surface area contributed by atoms with Gasteiger partial charge in [0.1, 0.15) is 0 Å². The summed E-state index contributed by atoms with van der Waals surface area (Å²) in [7, 11) is 0. The molecule has 1 aromatic carbocycles. The molecule has 1 amide bonds. The fourth-order valence-corrected chi connectivity index (χ4v) is 3.70. The van der Waals surface area contributed by atoms with Crippen LogP contribution in [-0.2, 0) is 9.53 Å². The Morgan fingerprint density at radius 1 is 1.25 bits per heavy atom. The highest BCUT2D eigenvalue weighted by Gasteiger charge is 2.29. The molecule has 2 heterocycles. The van der Waals surface area contributed by atoms with Crippen LogP contribution < -0.4 is 5.32 Å². The number of hydrogen-bond acceptors (Lipinski definition) is 8. The molecule has 1 saturated heterocycles. The number of benzene rings is 1. The van der Waals surface area contributed by atoms with Crippen LogP contribution in [0.4, 0.5) is 5.69 Å². The molecule has 0 radical (unpaired) electrons. The number of hydrogen-bond donors (Lipinski definition) is 1. The number of piperidine rings is 1. The van der Waals surface area contributed by atoms with Gasteiger partial charge in [-0.25, -0.2) is 0 Å². The molecule has 1 aromatic heterocycles. The summed E-state index contributed by atoms with van der Waals surface area (Å²) in [6.45, 7) is 8.82. The van der Waals surface area contributed by atoms with Crippen LogP contribution in [0.5, 0.6) is 0 Å². The Morgan fingerprint density at radius 3 is 2.56 bits per heavy atom. The number of nitro groups is 1. The number of aromatic nitrogens is 2. The molecule has 1 atom stereocenters. The third-order valence-corrected chi connectivity index (χ3v) is 5.64. The van der Waals surface area contributed by atoms with Gasteiger partial charge in [-0.15, -0.1) is 10.2 Å². The lowest BCUT2D eigenvalue weighted by molar-refractivity contribution is -0.384. The maximum Gasteiger partial charge on any atom is 0.269 e. The monoisotopic (exact) mass is 445 g/mol. The van der Waals surface area contributed by atoms with Crippen molar-refractivity contribution >= 4 is 11.6 Å². The van der Waals surface area contributed by atoms with Gasteiger partial charge < -0.3 is 14.5 Å². The van der Waals surface area contributed by atoms with Gasteiger partial charge in [-0.1, -0.05) is 0 Å². The zero-order valence-corrected chi connectivity index (χ0v) is 18.8. The fourth-order valence-electron chi connectivity index (χ4n) is 3.70. The van der Waals surface area contributed by atoms with Crippen LogP contribution in [0.1, 0.15) is 52.0 Å². The van der Waals surface area contributed by atoms with Crippen molar-refractivity contribution in [2.75, 3.05) is 26.2 Å². The normalized spacial score (nSPS) is 16.2. The minimum atomic E-state index is -0.448. The number of nitrogens with one attached hydrogen (secondary N) is 1. The molecular formula is C22H31N5O5. The second-order valence-electron chi connectivity index (χ2n) is 8.30. The van der Waals surface area contributed by atoms with Gasteiger partial charge >= 0.3 is 0 Å². The first-order valence-corrected chi connectivity index (χ1v) is 11.1. The number of non-ortho nitro benzene ring substituents is 1. The van der Waals surface area contributed by atoms with Crippen LogP contribution in [0.3, 0.4) is 0 Å². The van der Waals surface area contributed by atoms with Crippen molar-refractivity contribution in [2.24, 2.45) is 5.92 Å². The van der Waals surface area contributed by atoms with E-state index in [0.29, 0.717) is 30.5 Å². The number of rotatable bonds is 10. The fraction of sp³-hybridized carbons (Fsp3) is 0.591. The van der Waals surface area contributed by atoms with Crippen molar-refractivity contribution in [2.45, 2.75) is 52.2 Å². The first-order chi connectivity index (χ1) is 15.3. The molecule has 2 aromatic rings. The zero-order chi connectivity index (χ0) is 23.1. The van der Waals surface area contributed by atoms with Crippen molar-refractivity contribution in [3.8, 4) is 11.5 Å². The first-order valence-electron chi connectivity index (χ1n) is 11.1. The molecule has 1 aliphatic rings. The molecule has 0 spiro atoms. The minimum Gasteiger partial charge on any atom is -0.419 e. The van der Waals surface area contributed by atoms with E-state index in [1.807, 2.05) is 20.8 Å². The lowest BCUT2D eigenvalue weighted by atomic mass is 9.95. The average Bonchev–Trinajstić information content (AvgIpc) is 3.28. The van der Waals surface area contributed by atoms with Crippen molar-refractivity contribution < 1.29 is 18.9 Å². The molecule has 174 valence electrons. The van der Waals surface area contributed by atoms with Gasteiger partial charge in [-0.2, -0.15) is 0 Å². The predicted molar refractivity (Wildman–Crippen MR) is 118 cm³/mol. The summed E-state index contributed by atoms with van der Waals surface area (Å²) in [5.41, 5.74) is 0.647.